The molecule has 0 spiro atoms. The first kappa shape index (κ1) is 13.3. The molecule has 1 amide bonds. The first-order chi connectivity index (χ1) is 9.24. The minimum absolute atomic E-state index is 0.0476. The van der Waals surface area contributed by atoms with Gasteiger partial charge in [-0.1, -0.05) is 48.8 Å². The van der Waals surface area contributed by atoms with Gasteiger partial charge in [-0.05, 0) is 6.42 Å². The molecule has 0 saturated heterocycles. The molecule has 100 valence electrons. The van der Waals surface area contributed by atoms with Crippen molar-refractivity contribution in [3.8, 4) is 11.3 Å². The van der Waals surface area contributed by atoms with Crippen LogP contribution in [0.3, 0.4) is 0 Å². The number of unbranched alkanes of at least 4 members (excludes halogenated alkanes) is 1. The second kappa shape index (κ2) is 6.18. The summed E-state index contributed by atoms with van der Waals surface area (Å²) < 4.78 is 5.23. The Bertz CT molecular complexity index is 534. The Morgan fingerprint density at radius 1 is 1.32 bits per heavy atom. The first-order valence-electron chi connectivity index (χ1n) is 6.49. The van der Waals surface area contributed by atoms with Gasteiger partial charge in [-0.2, -0.15) is 0 Å². The van der Waals surface area contributed by atoms with Crippen LogP contribution < -0.4 is 0 Å². The smallest absolute Gasteiger partial charge is 0.259 e. The lowest BCUT2D eigenvalue weighted by Crippen LogP contribution is -2.27. The summed E-state index contributed by atoms with van der Waals surface area (Å²) in [5, 5.41) is 3.76. The largest absolute Gasteiger partial charge is 0.355 e. The highest BCUT2D eigenvalue weighted by atomic mass is 16.5. The summed E-state index contributed by atoms with van der Waals surface area (Å²) in [5.74, 6) is 0.488. The van der Waals surface area contributed by atoms with Crippen LogP contribution in [0.5, 0.6) is 0 Å². The average Bonchev–Trinajstić information content (AvgIpc) is 2.94. The van der Waals surface area contributed by atoms with Gasteiger partial charge >= 0.3 is 0 Å². The maximum atomic E-state index is 12.3. The van der Waals surface area contributed by atoms with Crippen molar-refractivity contribution in [1.82, 2.24) is 10.1 Å². The van der Waals surface area contributed by atoms with E-state index < -0.39 is 0 Å². The minimum Gasteiger partial charge on any atom is -0.355 e. The zero-order chi connectivity index (χ0) is 13.7. The Labute approximate surface area is 113 Å². The van der Waals surface area contributed by atoms with E-state index in [1.165, 1.54) is 6.20 Å². The van der Waals surface area contributed by atoms with Gasteiger partial charge in [0.05, 0.1) is 6.20 Å². The van der Waals surface area contributed by atoms with E-state index in [0.717, 1.165) is 24.9 Å². The van der Waals surface area contributed by atoms with Crippen LogP contribution in [-0.2, 0) is 0 Å². The minimum atomic E-state index is -0.0476. The van der Waals surface area contributed by atoms with Crippen LogP contribution in [0.25, 0.3) is 11.3 Å². The molecule has 0 fully saturated rings. The normalized spacial score (nSPS) is 10.4. The van der Waals surface area contributed by atoms with Crippen LogP contribution >= 0.6 is 0 Å². The second-order valence-electron chi connectivity index (χ2n) is 4.51. The highest BCUT2D eigenvalue weighted by Crippen LogP contribution is 2.24. The van der Waals surface area contributed by atoms with Crippen molar-refractivity contribution in [1.29, 1.82) is 0 Å². The van der Waals surface area contributed by atoms with Crippen LogP contribution in [0.4, 0.5) is 0 Å². The summed E-state index contributed by atoms with van der Waals surface area (Å²) in [6.07, 6.45) is 3.55. The van der Waals surface area contributed by atoms with E-state index in [9.17, 15) is 4.79 Å². The summed E-state index contributed by atoms with van der Waals surface area (Å²) in [5.41, 5.74) is 1.39. The molecule has 1 aromatic heterocycles. The number of carbonyl (C=O) groups is 1. The summed E-state index contributed by atoms with van der Waals surface area (Å²) in [4.78, 5) is 14.0. The number of amides is 1. The summed E-state index contributed by atoms with van der Waals surface area (Å²) in [7, 11) is 1.81. The summed E-state index contributed by atoms with van der Waals surface area (Å²) >= 11 is 0. The molecule has 0 radical (unpaired) electrons. The second-order valence-corrected chi connectivity index (χ2v) is 4.51. The maximum Gasteiger partial charge on any atom is 0.259 e. The van der Waals surface area contributed by atoms with E-state index in [2.05, 4.69) is 12.1 Å². The van der Waals surface area contributed by atoms with Crippen LogP contribution in [0.15, 0.2) is 41.1 Å². The molecule has 0 atom stereocenters. The van der Waals surface area contributed by atoms with Crippen LogP contribution in [0, 0.1) is 0 Å². The van der Waals surface area contributed by atoms with Crippen molar-refractivity contribution in [2.45, 2.75) is 19.8 Å². The number of benzene rings is 1. The molecular formula is C15H18N2O2. The fraction of sp³-hybridized carbons (Fsp3) is 0.333. The number of hydrogen-bond donors (Lipinski definition) is 0. The Balaban J connectivity index is 2.22. The van der Waals surface area contributed by atoms with Crippen LogP contribution in [-0.4, -0.2) is 29.6 Å². The Morgan fingerprint density at radius 2 is 2.05 bits per heavy atom. The van der Waals surface area contributed by atoms with Crippen LogP contribution in [0.2, 0.25) is 0 Å². The molecule has 4 heteroatoms. The lowest BCUT2D eigenvalue weighted by molar-refractivity contribution is 0.0793. The van der Waals surface area contributed by atoms with Gasteiger partial charge in [0.1, 0.15) is 5.56 Å². The molecule has 19 heavy (non-hydrogen) atoms. The quantitative estimate of drug-likeness (QED) is 0.827. The number of carbonyl (C=O) groups excluding carboxylic acids is 1. The van der Waals surface area contributed by atoms with E-state index in [1.807, 2.05) is 30.3 Å². The third kappa shape index (κ3) is 3.02. The fourth-order valence-corrected chi connectivity index (χ4v) is 1.89. The molecule has 2 rings (SSSR count). The Hall–Kier alpha value is -2.10. The SMILES string of the molecule is CCCCN(C)C(=O)c1cnoc1-c1ccccc1. The third-order valence-corrected chi connectivity index (χ3v) is 3.03. The number of rotatable bonds is 5. The van der Waals surface area contributed by atoms with Gasteiger partial charge in [-0.25, -0.2) is 0 Å². The molecule has 1 aromatic carbocycles. The van der Waals surface area contributed by atoms with Gasteiger partial charge in [0, 0.05) is 19.2 Å². The lowest BCUT2D eigenvalue weighted by atomic mass is 10.1. The molecule has 2 aromatic rings. The summed E-state index contributed by atoms with van der Waals surface area (Å²) in [6.45, 7) is 2.85. The molecule has 0 bridgehead atoms. The first-order valence-corrected chi connectivity index (χ1v) is 6.49. The standard InChI is InChI=1S/C15H18N2O2/c1-3-4-10-17(2)15(18)13-11-16-19-14(13)12-8-6-5-7-9-12/h5-9,11H,3-4,10H2,1-2H3. The predicted molar refractivity (Wildman–Crippen MR) is 73.8 cm³/mol. The highest BCUT2D eigenvalue weighted by Gasteiger charge is 2.20. The molecule has 0 aliphatic heterocycles. The van der Waals surface area contributed by atoms with Crippen molar-refractivity contribution >= 4 is 5.91 Å². The van der Waals surface area contributed by atoms with Crippen molar-refractivity contribution in [3.63, 3.8) is 0 Å². The summed E-state index contributed by atoms with van der Waals surface area (Å²) in [6, 6.07) is 9.56. The molecule has 0 aliphatic carbocycles. The topological polar surface area (TPSA) is 46.3 Å². The molecular weight excluding hydrogens is 240 g/mol. The monoisotopic (exact) mass is 258 g/mol. The van der Waals surface area contributed by atoms with E-state index in [0.29, 0.717) is 11.3 Å². The number of nitrogens with zero attached hydrogens (tertiary/aromatic N) is 2. The van der Waals surface area contributed by atoms with E-state index >= 15 is 0 Å². The molecule has 4 nitrogen and oxygen atoms in total. The number of aromatic nitrogens is 1. The molecule has 1 heterocycles. The van der Waals surface area contributed by atoms with Gasteiger partial charge < -0.3 is 9.42 Å². The Kier molecular flexibility index (Phi) is 4.34. The van der Waals surface area contributed by atoms with Gasteiger partial charge in [0.2, 0.25) is 0 Å². The molecule has 0 unspecified atom stereocenters. The molecule has 0 saturated carbocycles. The van der Waals surface area contributed by atoms with Gasteiger partial charge in [0.25, 0.3) is 5.91 Å². The Morgan fingerprint density at radius 3 is 2.74 bits per heavy atom. The maximum absolute atomic E-state index is 12.3. The van der Waals surface area contributed by atoms with Crippen molar-refractivity contribution in [2.24, 2.45) is 0 Å². The highest BCUT2D eigenvalue weighted by molar-refractivity contribution is 5.99. The van der Waals surface area contributed by atoms with E-state index in [-0.39, 0.29) is 5.91 Å². The number of hydrogen-bond acceptors (Lipinski definition) is 3. The van der Waals surface area contributed by atoms with Crippen molar-refractivity contribution in [3.05, 3.63) is 42.1 Å². The fourth-order valence-electron chi connectivity index (χ4n) is 1.89. The zero-order valence-electron chi connectivity index (χ0n) is 11.3. The lowest BCUT2D eigenvalue weighted by Gasteiger charge is -2.15. The van der Waals surface area contributed by atoms with Gasteiger partial charge in [-0.15, -0.1) is 0 Å². The van der Waals surface area contributed by atoms with Crippen molar-refractivity contribution in [2.75, 3.05) is 13.6 Å². The predicted octanol–water partition coefficient (Wildman–Crippen LogP) is 3.21. The van der Waals surface area contributed by atoms with Gasteiger partial charge in [0.15, 0.2) is 5.76 Å². The van der Waals surface area contributed by atoms with Gasteiger partial charge in [-0.3, -0.25) is 4.79 Å². The third-order valence-electron chi connectivity index (χ3n) is 3.03. The van der Waals surface area contributed by atoms with E-state index in [4.69, 9.17) is 4.52 Å². The zero-order valence-corrected chi connectivity index (χ0v) is 11.3. The average molecular weight is 258 g/mol. The van der Waals surface area contributed by atoms with E-state index in [1.54, 1.807) is 11.9 Å². The molecule has 0 aliphatic rings. The molecule has 0 N–H and O–H groups in total. The van der Waals surface area contributed by atoms with Crippen molar-refractivity contribution < 1.29 is 9.32 Å². The van der Waals surface area contributed by atoms with Crippen LogP contribution in [0.1, 0.15) is 30.1 Å².